The topological polar surface area (TPSA) is 122 Å². The van der Waals surface area contributed by atoms with Crippen LogP contribution in [-0.2, 0) is 19.6 Å². The Hall–Kier alpha value is -2.27. The number of primary sulfonamides is 1. The smallest absolute Gasteiger partial charge is 0.243 e. The van der Waals surface area contributed by atoms with Crippen molar-refractivity contribution in [2.75, 3.05) is 25.5 Å². The Balaban J connectivity index is 1.85. The van der Waals surface area contributed by atoms with E-state index < -0.39 is 10.0 Å². The van der Waals surface area contributed by atoms with Gasteiger partial charge >= 0.3 is 0 Å². The fourth-order valence-electron chi connectivity index (χ4n) is 2.75. The van der Waals surface area contributed by atoms with E-state index in [0.29, 0.717) is 5.69 Å². The zero-order valence-electron chi connectivity index (χ0n) is 17.0. The molecule has 0 spiro atoms. The lowest BCUT2D eigenvalue weighted by molar-refractivity contribution is -0.125. The number of benzene rings is 2. The molecule has 0 saturated carbocycles. The van der Waals surface area contributed by atoms with Crippen LogP contribution in [0.5, 0.6) is 0 Å². The quantitative estimate of drug-likeness (QED) is 0.516. The van der Waals surface area contributed by atoms with Crippen molar-refractivity contribution in [2.24, 2.45) is 5.14 Å². The number of amides is 2. The number of hydrogen-bond donors (Lipinski definition) is 3. The number of carbonyl (C=O) groups excluding carboxylic acids is 2. The van der Waals surface area contributed by atoms with Crippen LogP contribution in [0.2, 0.25) is 0 Å². The molecule has 2 aromatic rings. The van der Waals surface area contributed by atoms with Gasteiger partial charge in [0.05, 0.1) is 18.0 Å². The van der Waals surface area contributed by atoms with E-state index in [1.165, 1.54) is 12.1 Å². The molecule has 2 amide bonds. The molecule has 0 saturated heterocycles. The third kappa shape index (κ3) is 6.91. The summed E-state index contributed by atoms with van der Waals surface area (Å²) in [7, 11) is -1.98. The zero-order valence-corrected chi connectivity index (χ0v) is 19.4. The fourth-order valence-corrected chi connectivity index (χ4v) is 3.74. The summed E-state index contributed by atoms with van der Waals surface area (Å²) < 4.78 is 23.6. The van der Waals surface area contributed by atoms with Gasteiger partial charge < -0.3 is 10.6 Å². The van der Waals surface area contributed by atoms with Crippen molar-refractivity contribution in [1.82, 2.24) is 10.2 Å². The summed E-state index contributed by atoms with van der Waals surface area (Å²) in [6, 6.07) is 11.5. The first-order valence-corrected chi connectivity index (χ1v) is 11.5. The third-order valence-corrected chi connectivity index (χ3v) is 6.08. The number of rotatable bonds is 8. The largest absolute Gasteiger partial charge is 0.346 e. The Morgan fingerprint density at radius 2 is 1.77 bits per heavy atom. The van der Waals surface area contributed by atoms with Crippen molar-refractivity contribution >= 4 is 43.5 Å². The van der Waals surface area contributed by atoms with Gasteiger partial charge in [-0.1, -0.05) is 28.1 Å². The van der Waals surface area contributed by atoms with Gasteiger partial charge in [0.2, 0.25) is 21.8 Å². The van der Waals surface area contributed by atoms with Crippen molar-refractivity contribution < 1.29 is 18.0 Å². The maximum atomic E-state index is 12.2. The monoisotopic (exact) mass is 496 g/mol. The Morgan fingerprint density at radius 3 is 2.33 bits per heavy atom. The molecule has 4 N–H and O–H groups in total. The number of likely N-dealkylation sites (N-methyl/N-ethyl adjacent to an activating group) is 1. The van der Waals surface area contributed by atoms with Crippen LogP contribution in [-0.4, -0.2) is 45.3 Å². The lowest BCUT2D eigenvalue weighted by Gasteiger charge is -2.24. The van der Waals surface area contributed by atoms with Crippen molar-refractivity contribution in [2.45, 2.75) is 24.8 Å². The van der Waals surface area contributed by atoms with Crippen molar-refractivity contribution in [3.05, 3.63) is 58.1 Å². The molecule has 10 heteroatoms. The molecule has 162 valence electrons. The molecular weight excluding hydrogens is 472 g/mol. The molecule has 1 atom stereocenters. The van der Waals surface area contributed by atoms with Crippen LogP contribution in [0.25, 0.3) is 0 Å². The van der Waals surface area contributed by atoms with Gasteiger partial charge in [-0.15, -0.1) is 0 Å². The summed E-state index contributed by atoms with van der Waals surface area (Å²) in [6.07, 6.45) is 0. The SMILES string of the molecule is Cc1cc(Br)ccc1NC(=O)CNC(=O)CN(C)C(C)c1ccc(S(N)(=O)=O)cc1. The summed E-state index contributed by atoms with van der Waals surface area (Å²) in [6.45, 7) is 3.70. The second-order valence-corrected chi connectivity index (χ2v) is 9.47. The Morgan fingerprint density at radius 1 is 1.13 bits per heavy atom. The summed E-state index contributed by atoms with van der Waals surface area (Å²) in [5.41, 5.74) is 2.43. The number of nitrogens with two attached hydrogens (primary N) is 1. The molecule has 2 rings (SSSR count). The average Bonchev–Trinajstić information content (AvgIpc) is 2.67. The number of halogens is 1. The highest BCUT2D eigenvalue weighted by atomic mass is 79.9. The predicted molar refractivity (Wildman–Crippen MR) is 119 cm³/mol. The molecule has 0 radical (unpaired) electrons. The summed E-state index contributed by atoms with van der Waals surface area (Å²) in [5.74, 6) is -0.615. The van der Waals surface area contributed by atoms with Crippen molar-refractivity contribution in [3.8, 4) is 0 Å². The van der Waals surface area contributed by atoms with E-state index in [9.17, 15) is 18.0 Å². The molecule has 0 aliphatic rings. The Bertz CT molecular complexity index is 1030. The molecule has 0 aliphatic carbocycles. The van der Waals surface area contributed by atoms with Gasteiger partial charge in [-0.05, 0) is 62.4 Å². The maximum absolute atomic E-state index is 12.2. The standard InChI is InChI=1S/C20H25BrN4O4S/c1-13-10-16(21)6-9-18(13)24-19(26)11-23-20(27)12-25(3)14(2)15-4-7-17(8-5-15)30(22,28)29/h4-10,14H,11-12H2,1-3H3,(H,23,27)(H,24,26)(H2,22,28,29). The summed E-state index contributed by atoms with van der Waals surface area (Å²) >= 11 is 3.37. The molecule has 0 heterocycles. The Labute approximate surface area is 185 Å². The number of anilines is 1. The lowest BCUT2D eigenvalue weighted by Crippen LogP contribution is -2.40. The van der Waals surface area contributed by atoms with E-state index in [1.807, 2.05) is 26.0 Å². The van der Waals surface area contributed by atoms with E-state index in [-0.39, 0.29) is 35.8 Å². The highest BCUT2D eigenvalue weighted by Crippen LogP contribution is 2.21. The van der Waals surface area contributed by atoms with Crippen LogP contribution in [0, 0.1) is 6.92 Å². The molecule has 30 heavy (non-hydrogen) atoms. The van der Waals surface area contributed by atoms with Gasteiger partial charge in [-0.25, -0.2) is 13.6 Å². The number of nitrogens with one attached hydrogen (secondary N) is 2. The lowest BCUT2D eigenvalue weighted by atomic mass is 10.1. The van der Waals surface area contributed by atoms with Gasteiger partial charge in [0.25, 0.3) is 0 Å². The number of nitrogens with zero attached hydrogens (tertiary/aromatic N) is 1. The van der Waals surface area contributed by atoms with Gasteiger partial charge in [0, 0.05) is 16.2 Å². The van der Waals surface area contributed by atoms with Crippen LogP contribution in [0.4, 0.5) is 5.69 Å². The van der Waals surface area contributed by atoms with E-state index in [2.05, 4.69) is 26.6 Å². The first kappa shape index (κ1) is 24.0. The highest BCUT2D eigenvalue weighted by molar-refractivity contribution is 9.10. The van der Waals surface area contributed by atoms with Gasteiger partial charge in [-0.3, -0.25) is 14.5 Å². The number of aryl methyl sites for hydroxylation is 1. The second-order valence-electron chi connectivity index (χ2n) is 6.99. The van der Waals surface area contributed by atoms with Gasteiger partial charge in [0.1, 0.15) is 0 Å². The fraction of sp³-hybridized carbons (Fsp3) is 0.300. The van der Waals surface area contributed by atoms with Crippen LogP contribution < -0.4 is 15.8 Å². The minimum Gasteiger partial charge on any atom is -0.346 e. The maximum Gasteiger partial charge on any atom is 0.243 e. The average molecular weight is 497 g/mol. The van der Waals surface area contributed by atoms with Gasteiger partial charge in [-0.2, -0.15) is 0 Å². The molecular formula is C20H25BrN4O4S. The normalized spacial score (nSPS) is 12.5. The second kappa shape index (κ2) is 10.2. The van der Waals surface area contributed by atoms with Crippen LogP contribution in [0.15, 0.2) is 51.8 Å². The predicted octanol–water partition coefficient (Wildman–Crippen LogP) is 2.15. The number of carbonyl (C=O) groups is 2. The molecule has 1 unspecified atom stereocenters. The summed E-state index contributed by atoms with van der Waals surface area (Å²) in [4.78, 5) is 26.1. The molecule has 0 aromatic heterocycles. The third-order valence-electron chi connectivity index (χ3n) is 4.65. The first-order valence-electron chi connectivity index (χ1n) is 9.13. The zero-order chi connectivity index (χ0) is 22.5. The highest BCUT2D eigenvalue weighted by Gasteiger charge is 2.17. The van der Waals surface area contributed by atoms with Crippen LogP contribution in [0.1, 0.15) is 24.1 Å². The minimum absolute atomic E-state index is 0.0332. The Kier molecular flexibility index (Phi) is 8.13. The molecule has 2 aromatic carbocycles. The minimum atomic E-state index is -3.75. The molecule has 0 fully saturated rings. The van der Waals surface area contributed by atoms with E-state index in [1.54, 1.807) is 30.1 Å². The number of sulfonamides is 1. The van der Waals surface area contributed by atoms with Crippen molar-refractivity contribution in [1.29, 1.82) is 0 Å². The van der Waals surface area contributed by atoms with Gasteiger partial charge in [0.15, 0.2) is 0 Å². The van der Waals surface area contributed by atoms with E-state index in [0.717, 1.165) is 15.6 Å². The number of hydrogen-bond acceptors (Lipinski definition) is 5. The first-order chi connectivity index (χ1) is 14.0. The van der Waals surface area contributed by atoms with Crippen molar-refractivity contribution in [3.63, 3.8) is 0 Å². The van der Waals surface area contributed by atoms with Crippen LogP contribution in [0.3, 0.4) is 0 Å². The molecule has 0 aliphatic heterocycles. The molecule has 8 nitrogen and oxygen atoms in total. The van der Waals surface area contributed by atoms with E-state index in [4.69, 9.17) is 5.14 Å². The van der Waals surface area contributed by atoms with Crippen LogP contribution >= 0.6 is 15.9 Å². The molecule has 0 bridgehead atoms. The summed E-state index contributed by atoms with van der Waals surface area (Å²) in [5, 5.41) is 10.5. The van der Waals surface area contributed by atoms with E-state index >= 15 is 0 Å².